The van der Waals surface area contributed by atoms with Crippen LogP contribution < -0.4 is 4.90 Å². The number of anilines is 3. The smallest absolute Gasteiger partial charge is 0.143 e. The molecular formula is C54H36N2O. The first-order valence-electron chi connectivity index (χ1n) is 19.4. The number of hydrogen-bond donors (Lipinski definition) is 0. The summed E-state index contributed by atoms with van der Waals surface area (Å²) in [5, 5.41) is 4.80. The van der Waals surface area contributed by atoms with E-state index in [1.807, 2.05) is 12.1 Å². The quantitative estimate of drug-likeness (QED) is 0.163. The molecule has 3 nitrogen and oxygen atoms in total. The molecule has 11 rings (SSSR count). The summed E-state index contributed by atoms with van der Waals surface area (Å²) in [7, 11) is 0. The normalized spacial score (nSPS) is 11.5. The van der Waals surface area contributed by atoms with E-state index in [0.29, 0.717) is 0 Å². The average molecular weight is 729 g/mol. The summed E-state index contributed by atoms with van der Waals surface area (Å²) >= 11 is 0. The minimum atomic E-state index is 0.911. The molecule has 0 amide bonds. The Morgan fingerprint density at radius 3 is 1.60 bits per heavy atom. The van der Waals surface area contributed by atoms with Gasteiger partial charge in [0, 0.05) is 49.7 Å². The zero-order valence-electron chi connectivity index (χ0n) is 31.1. The lowest BCUT2D eigenvalue weighted by molar-refractivity contribution is 0.670. The SMILES string of the molecule is c1ccc(N(c2ccc(-c3cccc(-c4cccc5c4oc4ccccc45)c3)cc2)c2ccc(-c3ccccc3-n3c4ccccc4c4ccccc43)cc2)cc1. The topological polar surface area (TPSA) is 21.3 Å². The number of para-hydroxylation sites is 6. The molecule has 268 valence electrons. The van der Waals surface area contributed by atoms with Gasteiger partial charge in [-0.05, 0) is 89.0 Å². The van der Waals surface area contributed by atoms with Crippen molar-refractivity contribution in [3.8, 4) is 39.1 Å². The Hall–Kier alpha value is -7.62. The Kier molecular flexibility index (Phi) is 7.82. The van der Waals surface area contributed by atoms with Crippen molar-refractivity contribution in [3.63, 3.8) is 0 Å². The summed E-state index contributed by atoms with van der Waals surface area (Å²) in [6.45, 7) is 0. The van der Waals surface area contributed by atoms with Crippen LogP contribution in [0, 0.1) is 0 Å². The zero-order valence-corrected chi connectivity index (χ0v) is 31.1. The highest BCUT2D eigenvalue weighted by Crippen LogP contribution is 2.41. The second-order valence-electron chi connectivity index (χ2n) is 14.5. The lowest BCUT2D eigenvalue weighted by atomic mass is 9.97. The summed E-state index contributed by atoms with van der Waals surface area (Å²) in [5.74, 6) is 0. The molecule has 0 N–H and O–H groups in total. The van der Waals surface area contributed by atoms with E-state index in [4.69, 9.17) is 4.42 Å². The molecule has 0 unspecified atom stereocenters. The minimum absolute atomic E-state index is 0.911. The molecular weight excluding hydrogens is 693 g/mol. The second kappa shape index (κ2) is 13.6. The first-order valence-corrected chi connectivity index (χ1v) is 19.4. The first kappa shape index (κ1) is 32.8. The molecule has 0 atom stereocenters. The summed E-state index contributed by atoms with van der Waals surface area (Å²) in [4.78, 5) is 2.32. The van der Waals surface area contributed by atoms with E-state index in [-0.39, 0.29) is 0 Å². The fourth-order valence-corrected chi connectivity index (χ4v) is 8.55. The fourth-order valence-electron chi connectivity index (χ4n) is 8.55. The monoisotopic (exact) mass is 728 g/mol. The molecule has 57 heavy (non-hydrogen) atoms. The van der Waals surface area contributed by atoms with Gasteiger partial charge in [0.25, 0.3) is 0 Å². The van der Waals surface area contributed by atoms with E-state index >= 15 is 0 Å². The molecule has 0 saturated heterocycles. The average Bonchev–Trinajstić information content (AvgIpc) is 3.84. The Labute approximate surface area is 330 Å². The van der Waals surface area contributed by atoms with Crippen molar-refractivity contribution >= 4 is 60.8 Å². The molecule has 0 bridgehead atoms. The predicted octanol–water partition coefficient (Wildman–Crippen LogP) is 15.2. The number of rotatable bonds is 7. The molecule has 2 heterocycles. The van der Waals surface area contributed by atoms with E-state index in [9.17, 15) is 0 Å². The maximum absolute atomic E-state index is 6.39. The van der Waals surface area contributed by atoms with Gasteiger partial charge in [-0.15, -0.1) is 0 Å². The molecule has 0 aliphatic heterocycles. The van der Waals surface area contributed by atoms with Crippen molar-refractivity contribution in [1.29, 1.82) is 0 Å². The van der Waals surface area contributed by atoms with Gasteiger partial charge < -0.3 is 13.9 Å². The predicted molar refractivity (Wildman–Crippen MR) is 239 cm³/mol. The van der Waals surface area contributed by atoms with Gasteiger partial charge in [-0.2, -0.15) is 0 Å². The van der Waals surface area contributed by atoms with E-state index in [1.165, 1.54) is 27.4 Å². The van der Waals surface area contributed by atoms with Crippen LogP contribution in [-0.4, -0.2) is 4.57 Å². The number of hydrogen-bond acceptors (Lipinski definition) is 2. The highest BCUT2D eigenvalue weighted by Gasteiger charge is 2.18. The highest BCUT2D eigenvalue weighted by molar-refractivity contribution is 6.10. The summed E-state index contributed by atoms with van der Waals surface area (Å²) < 4.78 is 8.79. The van der Waals surface area contributed by atoms with Crippen LogP contribution in [0.2, 0.25) is 0 Å². The van der Waals surface area contributed by atoms with Gasteiger partial charge in [-0.3, -0.25) is 0 Å². The lowest BCUT2D eigenvalue weighted by Gasteiger charge is -2.26. The van der Waals surface area contributed by atoms with Gasteiger partial charge in [0.15, 0.2) is 0 Å². The maximum Gasteiger partial charge on any atom is 0.143 e. The van der Waals surface area contributed by atoms with Crippen molar-refractivity contribution in [2.75, 3.05) is 4.90 Å². The van der Waals surface area contributed by atoms with Crippen molar-refractivity contribution in [2.24, 2.45) is 0 Å². The number of aromatic nitrogens is 1. The van der Waals surface area contributed by atoms with Crippen LogP contribution >= 0.6 is 0 Å². The summed E-state index contributed by atoms with van der Waals surface area (Å²) in [6.07, 6.45) is 0. The van der Waals surface area contributed by atoms with Gasteiger partial charge in [0.05, 0.1) is 16.7 Å². The van der Waals surface area contributed by atoms with Crippen LogP contribution in [-0.2, 0) is 0 Å². The maximum atomic E-state index is 6.39. The minimum Gasteiger partial charge on any atom is -0.455 e. The van der Waals surface area contributed by atoms with Crippen LogP contribution in [0.4, 0.5) is 17.1 Å². The second-order valence-corrected chi connectivity index (χ2v) is 14.5. The van der Waals surface area contributed by atoms with Gasteiger partial charge >= 0.3 is 0 Å². The molecule has 0 aliphatic rings. The molecule has 9 aromatic carbocycles. The molecule has 3 heteroatoms. The Morgan fingerprint density at radius 2 is 0.860 bits per heavy atom. The van der Waals surface area contributed by atoms with Crippen LogP contribution in [0.15, 0.2) is 223 Å². The van der Waals surface area contributed by atoms with E-state index in [2.05, 4.69) is 216 Å². The van der Waals surface area contributed by atoms with Crippen molar-refractivity contribution in [1.82, 2.24) is 4.57 Å². The summed E-state index contributed by atoms with van der Waals surface area (Å²) in [5.41, 5.74) is 15.6. The third-order valence-electron chi connectivity index (χ3n) is 11.2. The number of nitrogens with zero attached hydrogens (tertiary/aromatic N) is 2. The third kappa shape index (κ3) is 5.60. The zero-order chi connectivity index (χ0) is 37.7. The molecule has 0 saturated carbocycles. The third-order valence-corrected chi connectivity index (χ3v) is 11.2. The van der Waals surface area contributed by atoms with Crippen molar-refractivity contribution in [3.05, 3.63) is 218 Å². The molecule has 0 aliphatic carbocycles. The Bertz CT molecular complexity index is 3170. The van der Waals surface area contributed by atoms with E-state index in [0.717, 1.165) is 72.5 Å². The number of furan rings is 1. The lowest BCUT2D eigenvalue weighted by Crippen LogP contribution is -2.09. The molecule has 0 spiro atoms. The molecule has 0 fully saturated rings. The van der Waals surface area contributed by atoms with E-state index in [1.54, 1.807) is 0 Å². The van der Waals surface area contributed by atoms with Crippen LogP contribution in [0.25, 0.3) is 82.8 Å². The van der Waals surface area contributed by atoms with E-state index < -0.39 is 0 Å². The fraction of sp³-hybridized carbons (Fsp3) is 0. The first-order chi connectivity index (χ1) is 28.3. The Balaban J connectivity index is 0.946. The molecule has 2 aromatic heterocycles. The van der Waals surface area contributed by atoms with Gasteiger partial charge in [-0.25, -0.2) is 0 Å². The molecule has 0 radical (unpaired) electrons. The van der Waals surface area contributed by atoms with Crippen molar-refractivity contribution < 1.29 is 4.42 Å². The van der Waals surface area contributed by atoms with Gasteiger partial charge in [0.1, 0.15) is 11.2 Å². The number of fused-ring (bicyclic) bond motifs is 6. The van der Waals surface area contributed by atoms with Gasteiger partial charge in [-0.1, -0.05) is 152 Å². The van der Waals surface area contributed by atoms with Crippen molar-refractivity contribution in [2.45, 2.75) is 0 Å². The Morgan fingerprint density at radius 1 is 0.333 bits per heavy atom. The van der Waals surface area contributed by atoms with Crippen LogP contribution in [0.5, 0.6) is 0 Å². The standard InChI is InChI=1S/C54H36N2O/c1-2-16-41(17-3-1)55(42-32-28-37(29-33-42)39-14-12-15-40(36-39)45-22-13-23-49-48-21-7-11-27-53(48)57-54(45)49)43-34-30-38(31-35-43)44-18-4-8-24-50(44)56-51-25-9-5-19-46(51)47-20-6-10-26-52(47)56/h1-36H. The summed E-state index contributed by atoms with van der Waals surface area (Å²) in [6, 6.07) is 78.0. The molecule has 11 aromatic rings. The van der Waals surface area contributed by atoms with Gasteiger partial charge in [0.2, 0.25) is 0 Å². The number of benzene rings is 9. The largest absolute Gasteiger partial charge is 0.455 e. The van der Waals surface area contributed by atoms with Crippen LogP contribution in [0.3, 0.4) is 0 Å². The van der Waals surface area contributed by atoms with Crippen LogP contribution in [0.1, 0.15) is 0 Å². The highest BCUT2D eigenvalue weighted by atomic mass is 16.3.